The maximum atomic E-state index is 13.7. The molecule has 0 amide bonds. The second-order valence-electron chi connectivity index (χ2n) is 5.66. The molecule has 0 aliphatic carbocycles. The highest BCUT2D eigenvalue weighted by Gasteiger charge is 2.21. The van der Waals surface area contributed by atoms with E-state index in [0.29, 0.717) is 16.9 Å². The van der Waals surface area contributed by atoms with Crippen LogP contribution in [0.4, 0.5) is 15.8 Å². The summed E-state index contributed by atoms with van der Waals surface area (Å²) in [6.07, 6.45) is 1.63. The Morgan fingerprint density at radius 2 is 1.96 bits per heavy atom. The summed E-state index contributed by atoms with van der Waals surface area (Å²) in [7, 11) is 0. The summed E-state index contributed by atoms with van der Waals surface area (Å²) in [6, 6.07) is 15.9. The smallest absolute Gasteiger partial charge is 0.292 e. The number of rotatable bonds is 5. The van der Waals surface area contributed by atoms with Crippen LogP contribution in [0.25, 0.3) is 0 Å². The molecule has 0 radical (unpaired) electrons. The minimum atomic E-state index is -0.515. The van der Waals surface area contributed by atoms with E-state index in [1.54, 1.807) is 49.5 Å². The number of nitro groups is 1. The Labute approximate surface area is 144 Å². The first-order valence-electron chi connectivity index (χ1n) is 7.72. The van der Waals surface area contributed by atoms with Crippen LogP contribution in [0.1, 0.15) is 22.9 Å². The Morgan fingerprint density at radius 1 is 1.12 bits per heavy atom. The quantitative estimate of drug-likeness (QED) is 0.544. The Bertz CT molecular complexity index is 900. The van der Waals surface area contributed by atoms with Gasteiger partial charge in [0.1, 0.15) is 11.5 Å². The summed E-state index contributed by atoms with van der Waals surface area (Å²) in [5.74, 6) is -0.376. The average molecular weight is 337 g/mol. The molecule has 0 fully saturated rings. The lowest BCUT2D eigenvalue weighted by Crippen LogP contribution is -2.15. The van der Waals surface area contributed by atoms with E-state index in [9.17, 15) is 14.5 Å². The summed E-state index contributed by atoms with van der Waals surface area (Å²) in [5, 5.41) is 14.5. The fraction of sp³-hybridized carbons (Fsp3) is 0.105. The third-order valence-corrected chi connectivity index (χ3v) is 3.82. The van der Waals surface area contributed by atoms with Crippen molar-refractivity contribution in [2.75, 3.05) is 5.32 Å². The molecule has 25 heavy (non-hydrogen) atoms. The highest BCUT2D eigenvalue weighted by Crippen LogP contribution is 2.32. The molecule has 0 spiro atoms. The Hall–Kier alpha value is -3.28. The van der Waals surface area contributed by atoms with Crippen LogP contribution in [0.2, 0.25) is 0 Å². The van der Waals surface area contributed by atoms with E-state index in [0.717, 1.165) is 5.56 Å². The molecule has 3 aromatic rings. The SMILES string of the molecule is Cc1ccc(NC(c2cccc(F)c2)c2ccccn2)c([N+](=O)[O-])c1. The fourth-order valence-corrected chi connectivity index (χ4v) is 2.63. The van der Waals surface area contributed by atoms with E-state index in [-0.39, 0.29) is 11.5 Å². The van der Waals surface area contributed by atoms with Crippen molar-refractivity contribution in [1.29, 1.82) is 0 Å². The molecule has 3 rings (SSSR count). The van der Waals surface area contributed by atoms with Crippen LogP contribution >= 0.6 is 0 Å². The van der Waals surface area contributed by atoms with Gasteiger partial charge >= 0.3 is 0 Å². The van der Waals surface area contributed by atoms with Crippen molar-refractivity contribution in [1.82, 2.24) is 4.98 Å². The topological polar surface area (TPSA) is 68.1 Å². The highest BCUT2D eigenvalue weighted by atomic mass is 19.1. The van der Waals surface area contributed by atoms with Crippen LogP contribution in [0.3, 0.4) is 0 Å². The zero-order valence-electron chi connectivity index (χ0n) is 13.5. The van der Waals surface area contributed by atoms with Gasteiger partial charge in [0.15, 0.2) is 0 Å². The first-order valence-corrected chi connectivity index (χ1v) is 7.72. The Balaban J connectivity index is 2.06. The molecule has 0 saturated carbocycles. The van der Waals surface area contributed by atoms with Gasteiger partial charge in [-0.15, -0.1) is 0 Å². The van der Waals surface area contributed by atoms with Gasteiger partial charge in [-0.2, -0.15) is 0 Å². The standard InChI is InChI=1S/C19H16FN3O2/c1-13-8-9-16(18(11-13)23(24)25)22-19(17-7-2-3-10-21-17)14-5-4-6-15(20)12-14/h2-12,19,22H,1H3. The Kier molecular flexibility index (Phi) is 4.70. The summed E-state index contributed by atoms with van der Waals surface area (Å²) in [4.78, 5) is 15.3. The number of nitrogens with zero attached hydrogens (tertiary/aromatic N) is 2. The van der Waals surface area contributed by atoms with Crippen molar-refractivity contribution in [3.63, 3.8) is 0 Å². The minimum absolute atomic E-state index is 0.0302. The number of halogens is 1. The van der Waals surface area contributed by atoms with Crippen molar-refractivity contribution in [2.24, 2.45) is 0 Å². The zero-order chi connectivity index (χ0) is 17.8. The molecule has 6 heteroatoms. The van der Waals surface area contributed by atoms with Gasteiger partial charge < -0.3 is 5.32 Å². The van der Waals surface area contributed by atoms with Gasteiger partial charge in [0.25, 0.3) is 5.69 Å². The predicted octanol–water partition coefficient (Wildman–Crippen LogP) is 4.64. The number of anilines is 1. The van der Waals surface area contributed by atoms with Gasteiger partial charge in [-0.05, 0) is 48.4 Å². The molecule has 0 bridgehead atoms. The normalized spacial score (nSPS) is 11.8. The maximum absolute atomic E-state index is 13.7. The number of hydrogen-bond acceptors (Lipinski definition) is 4. The lowest BCUT2D eigenvalue weighted by molar-refractivity contribution is -0.384. The van der Waals surface area contributed by atoms with Crippen molar-refractivity contribution < 1.29 is 9.31 Å². The molecule has 1 unspecified atom stereocenters. The summed E-state index contributed by atoms with van der Waals surface area (Å²) >= 11 is 0. The second-order valence-corrected chi connectivity index (χ2v) is 5.66. The van der Waals surface area contributed by atoms with Gasteiger partial charge in [-0.25, -0.2) is 4.39 Å². The average Bonchev–Trinajstić information content (AvgIpc) is 2.61. The molecule has 0 saturated heterocycles. The van der Waals surface area contributed by atoms with E-state index < -0.39 is 11.0 Å². The van der Waals surface area contributed by atoms with Gasteiger partial charge in [-0.1, -0.05) is 24.3 Å². The van der Waals surface area contributed by atoms with Gasteiger partial charge in [0.2, 0.25) is 0 Å². The summed E-state index contributed by atoms with van der Waals surface area (Å²) in [6.45, 7) is 1.79. The van der Waals surface area contributed by atoms with E-state index >= 15 is 0 Å². The van der Waals surface area contributed by atoms with Crippen molar-refractivity contribution in [3.8, 4) is 0 Å². The van der Waals surface area contributed by atoms with Crippen LogP contribution in [-0.2, 0) is 0 Å². The third-order valence-electron chi connectivity index (χ3n) is 3.82. The first kappa shape index (κ1) is 16.6. The zero-order valence-corrected chi connectivity index (χ0v) is 13.5. The lowest BCUT2D eigenvalue weighted by atomic mass is 10.0. The van der Waals surface area contributed by atoms with E-state index in [1.165, 1.54) is 18.2 Å². The molecule has 0 aliphatic rings. The van der Waals surface area contributed by atoms with Crippen LogP contribution < -0.4 is 5.32 Å². The fourth-order valence-electron chi connectivity index (χ4n) is 2.63. The first-order chi connectivity index (χ1) is 12.0. The molecule has 126 valence electrons. The van der Waals surface area contributed by atoms with Crippen LogP contribution in [-0.4, -0.2) is 9.91 Å². The van der Waals surface area contributed by atoms with Gasteiger partial charge in [-0.3, -0.25) is 15.1 Å². The third kappa shape index (κ3) is 3.80. The van der Waals surface area contributed by atoms with Crippen molar-refractivity contribution in [3.05, 3.63) is 99.6 Å². The Morgan fingerprint density at radius 3 is 2.64 bits per heavy atom. The second kappa shape index (κ2) is 7.09. The molecule has 1 atom stereocenters. The molecule has 2 aromatic carbocycles. The van der Waals surface area contributed by atoms with Crippen LogP contribution in [0, 0.1) is 22.9 Å². The largest absolute Gasteiger partial charge is 0.367 e. The van der Waals surface area contributed by atoms with E-state index in [1.807, 2.05) is 6.07 Å². The molecular weight excluding hydrogens is 321 g/mol. The molecule has 1 N–H and O–H groups in total. The number of nitrogens with one attached hydrogen (secondary N) is 1. The number of nitro benzene ring substituents is 1. The highest BCUT2D eigenvalue weighted by molar-refractivity contribution is 5.64. The number of pyridine rings is 1. The lowest BCUT2D eigenvalue weighted by Gasteiger charge is -2.20. The monoisotopic (exact) mass is 337 g/mol. The van der Waals surface area contributed by atoms with Gasteiger partial charge in [0.05, 0.1) is 16.7 Å². The molecular formula is C19H16FN3O2. The molecule has 1 aromatic heterocycles. The van der Waals surface area contributed by atoms with E-state index in [2.05, 4.69) is 10.3 Å². The number of benzene rings is 2. The van der Waals surface area contributed by atoms with Crippen molar-refractivity contribution >= 4 is 11.4 Å². The maximum Gasteiger partial charge on any atom is 0.292 e. The number of aryl methyl sites for hydroxylation is 1. The molecule has 1 heterocycles. The number of aromatic nitrogens is 1. The summed E-state index contributed by atoms with van der Waals surface area (Å²) in [5.41, 5.74) is 2.39. The molecule has 5 nitrogen and oxygen atoms in total. The minimum Gasteiger partial charge on any atom is -0.367 e. The van der Waals surface area contributed by atoms with Gasteiger partial charge in [0, 0.05) is 12.3 Å². The van der Waals surface area contributed by atoms with Crippen molar-refractivity contribution in [2.45, 2.75) is 13.0 Å². The van der Waals surface area contributed by atoms with Crippen LogP contribution in [0.15, 0.2) is 66.9 Å². The van der Waals surface area contributed by atoms with Crippen LogP contribution in [0.5, 0.6) is 0 Å². The molecule has 0 aliphatic heterocycles. The predicted molar refractivity (Wildman–Crippen MR) is 93.9 cm³/mol. The summed E-state index contributed by atoms with van der Waals surface area (Å²) < 4.78 is 13.7. The number of hydrogen-bond donors (Lipinski definition) is 1. The van der Waals surface area contributed by atoms with E-state index in [4.69, 9.17) is 0 Å².